The normalized spacial score (nSPS) is 11.0. The summed E-state index contributed by atoms with van der Waals surface area (Å²) in [5, 5.41) is 15.3. The largest absolute Gasteiger partial charge is 0.507 e. The Bertz CT molecular complexity index is 1140. The fraction of sp³-hybridized carbons (Fsp3) is 0.0455. The van der Waals surface area contributed by atoms with Gasteiger partial charge in [0, 0.05) is 5.39 Å². The number of aromatic hydroxyl groups is 1. The highest BCUT2D eigenvalue weighted by Crippen LogP contribution is 2.29. The number of benzene rings is 3. The molecule has 2 N–H and O–H groups in total. The van der Waals surface area contributed by atoms with Crippen molar-refractivity contribution in [3.05, 3.63) is 78.4 Å². The Kier molecular flexibility index (Phi) is 4.84. The minimum absolute atomic E-state index is 0.130. The molecule has 0 atom stereocenters. The molecule has 0 saturated carbocycles. The van der Waals surface area contributed by atoms with Crippen LogP contribution in [0.5, 0.6) is 11.5 Å². The summed E-state index contributed by atoms with van der Waals surface area (Å²) in [6.07, 6.45) is 1.70. The van der Waals surface area contributed by atoms with Crippen molar-refractivity contribution in [1.82, 2.24) is 9.97 Å². The van der Waals surface area contributed by atoms with Crippen LogP contribution in [0.3, 0.4) is 0 Å². The summed E-state index contributed by atoms with van der Waals surface area (Å²) in [5.74, 6) is 1.91. The number of nitrogens with one attached hydrogen (secondary N) is 1. The number of hydrazone groups is 1. The Balaban J connectivity index is 1.69. The summed E-state index contributed by atoms with van der Waals surface area (Å²) >= 11 is 0. The molecule has 0 aliphatic heterocycles. The second-order valence-corrected chi connectivity index (χ2v) is 6.07. The number of nitrogens with zero attached hydrogens (tertiary/aromatic N) is 3. The van der Waals surface area contributed by atoms with E-state index in [1.165, 1.54) is 0 Å². The van der Waals surface area contributed by atoms with Crippen LogP contribution in [-0.2, 0) is 0 Å². The molecule has 0 bridgehead atoms. The molecule has 0 fully saturated rings. The number of phenolic OH excluding ortho intramolecular Hbond substituents is 1. The van der Waals surface area contributed by atoms with Gasteiger partial charge in [-0.15, -0.1) is 0 Å². The van der Waals surface area contributed by atoms with E-state index in [1.807, 2.05) is 54.6 Å². The number of anilines is 1. The van der Waals surface area contributed by atoms with E-state index in [-0.39, 0.29) is 5.75 Å². The second-order valence-electron chi connectivity index (χ2n) is 6.07. The predicted molar refractivity (Wildman–Crippen MR) is 111 cm³/mol. The van der Waals surface area contributed by atoms with Crippen LogP contribution in [0.25, 0.3) is 22.3 Å². The third-order valence-corrected chi connectivity index (χ3v) is 4.25. The number of aromatic nitrogens is 2. The minimum Gasteiger partial charge on any atom is -0.507 e. The lowest BCUT2D eigenvalue weighted by Crippen LogP contribution is -1.99. The molecule has 0 unspecified atom stereocenters. The summed E-state index contributed by atoms with van der Waals surface area (Å²) in [5.41, 5.74) is 5.25. The predicted octanol–water partition coefficient (Wildman–Crippen LogP) is 4.46. The van der Waals surface area contributed by atoms with Gasteiger partial charge in [0.25, 0.3) is 0 Å². The maximum absolute atomic E-state index is 10.2. The molecule has 0 spiro atoms. The SMILES string of the molecule is COc1ccc(/C=N/Nc2nc(-c3ccccc3O)nc3ccccc23)cc1. The van der Waals surface area contributed by atoms with E-state index < -0.39 is 0 Å². The molecule has 4 rings (SSSR count). The number of rotatable bonds is 5. The third kappa shape index (κ3) is 3.61. The zero-order valence-corrected chi connectivity index (χ0v) is 15.2. The van der Waals surface area contributed by atoms with Gasteiger partial charge in [-0.3, -0.25) is 5.43 Å². The molecule has 0 aliphatic carbocycles. The van der Waals surface area contributed by atoms with Crippen molar-refractivity contribution < 1.29 is 9.84 Å². The summed E-state index contributed by atoms with van der Waals surface area (Å²) in [4.78, 5) is 9.15. The van der Waals surface area contributed by atoms with Gasteiger partial charge < -0.3 is 9.84 Å². The van der Waals surface area contributed by atoms with E-state index in [1.54, 1.807) is 31.5 Å². The van der Waals surface area contributed by atoms with Crippen molar-refractivity contribution in [3.63, 3.8) is 0 Å². The highest BCUT2D eigenvalue weighted by molar-refractivity contribution is 5.91. The molecule has 0 amide bonds. The maximum atomic E-state index is 10.2. The Morgan fingerprint density at radius 3 is 2.46 bits per heavy atom. The van der Waals surface area contributed by atoms with Crippen molar-refractivity contribution in [2.45, 2.75) is 0 Å². The molecule has 6 nitrogen and oxygen atoms in total. The molecule has 1 heterocycles. The zero-order chi connectivity index (χ0) is 19.3. The van der Waals surface area contributed by atoms with E-state index in [2.05, 4.69) is 20.5 Å². The molecule has 6 heteroatoms. The number of fused-ring (bicyclic) bond motifs is 1. The molecule has 0 saturated heterocycles. The first-order valence-corrected chi connectivity index (χ1v) is 8.73. The Hall–Kier alpha value is -3.93. The number of para-hydroxylation sites is 2. The van der Waals surface area contributed by atoms with Crippen molar-refractivity contribution in [2.24, 2.45) is 5.10 Å². The van der Waals surface area contributed by atoms with Crippen LogP contribution < -0.4 is 10.2 Å². The van der Waals surface area contributed by atoms with E-state index in [0.717, 1.165) is 22.2 Å². The number of hydrogen-bond acceptors (Lipinski definition) is 6. The van der Waals surface area contributed by atoms with Crippen LogP contribution in [0.4, 0.5) is 5.82 Å². The van der Waals surface area contributed by atoms with Gasteiger partial charge in [0.2, 0.25) is 0 Å². The van der Waals surface area contributed by atoms with Gasteiger partial charge in [0.15, 0.2) is 11.6 Å². The highest BCUT2D eigenvalue weighted by Gasteiger charge is 2.11. The van der Waals surface area contributed by atoms with E-state index in [4.69, 9.17) is 4.74 Å². The van der Waals surface area contributed by atoms with Crippen LogP contribution >= 0.6 is 0 Å². The molecule has 28 heavy (non-hydrogen) atoms. The Labute approximate surface area is 162 Å². The van der Waals surface area contributed by atoms with Gasteiger partial charge in [-0.05, 0) is 54.1 Å². The van der Waals surface area contributed by atoms with E-state index >= 15 is 0 Å². The van der Waals surface area contributed by atoms with Crippen LogP contribution in [0.1, 0.15) is 5.56 Å². The molecule has 0 aliphatic rings. The van der Waals surface area contributed by atoms with Gasteiger partial charge in [0.05, 0.1) is 24.4 Å². The van der Waals surface area contributed by atoms with Crippen LogP contribution in [-0.4, -0.2) is 28.4 Å². The first-order chi connectivity index (χ1) is 13.7. The second kappa shape index (κ2) is 7.75. The Morgan fingerprint density at radius 2 is 1.68 bits per heavy atom. The molecular formula is C22H18N4O2. The summed E-state index contributed by atoms with van der Waals surface area (Å²) in [7, 11) is 1.63. The molecule has 1 aromatic heterocycles. The number of phenols is 1. The monoisotopic (exact) mass is 370 g/mol. The number of hydrogen-bond donors (Lipinski definition) is 2. The summed E-state index contributed by atoms with van der Waals surface area (Å²) in [6.45, 7) is 0. The number of ether oxygens (including phenoxy) is 1. The van der Waals surface area contributed by atoms with Crippen molar-refractivity contribution >= 4 is 22.9 Å². The fourth-order valence-electron chi connectivity index (χ4n) is 2.80. The molecule has 138 valence electrons. The first-order valence-electron chi connectivity index (χ1n) is 8.73. The average molecular weight is 370 g/mol. The smallest absolute Gasteiger partial charge is 0.165 e. The van der Waals surface area contributed by atoms with E-state index in [0.29, 0.717) is 17.2 Å². The van der Waals surface area contributed by atoms with Crippen LogP contribution in [0.15, 0.2) is 77.9 Å². The zero-order valence-electron chi connectivity index (χ0n) is 15.2. The van der Waals surface area contributed by atoms with Crippen molar-refractivity contribution in [2.75, 3.05) is 12.5 Å². The lowest BCUT2D eigenvalue weighted by atomic mass is 10.1. The van der Waals surface area contributed by atoms with Gasteiger partial charge in [-0.2, -0.15) is 5.10 Å². The van der Waals surface area contributed by atoms with Gasteiger partial charge in [-0.1, -0.05) is 24.3 Å². The molecule has 0 radical (unpaired) electrons. The quantitative estimate of drug-likeness (QED) is 0.401. The Morgan fingerprint density at radius 1 is 0.929 bits per heavy atom. The topological polar surface area (TPSA) is 79.6 Å². The summed E-state index contributed by atoms with van der Waals surface area (Å²) < 4.78 is 5.16. The van der Waals surface area contributed by atoms with Crippen LogP contribution in [0.2, 0.25) is 0 Å². The molecule has 3 aromatic carbocycles. The van der Waals surface area contributed by atoms with Gasteiger partial charge in [-0.25, -0.2) is 9.97 Å². The lowest BCUT2D eigenvalue weighted by Gasteiger charge is -2.09. The fourth-order valence-corrected chi connectivity index (χ4v) is 2.80. The summed E-state index contributed by atoms with van der Waals surface area (Å²) in [6, 6.07) is 22.2. The molecular weight excluding hydrogens is 352 g/mol. The van der Waals surface area contributed by atoms with Crippen molar-refractivity contribution in [3.8, 4) is 22.9 Å². The van der Waals surface area contributed by atoms with Gasteiger partial charge >= 0.3 is 0 Å². The van der Waals surface area contributed by atoms with Gasteiger partial charge in [0.1, 0.15) is 11.5 Å². The maximum Gasteiger partial charge on any atom is 0.165 e. The number of methoxy groups -OCH3 is 1. The highest BCUT2D eigenvalue weighted by atomic mass is 16.5. The minimum atomic E-state index is 0.130. The van der Waals surface area contributed by atoms with Crippen LogP contribution in [0, 0.1) is 0 Å². The van der Waals surface area contributed by atoms with Crippen molar-refractivity contribution in [1.29, 1.82) is 0 Å². The standard InChI is InChI=1S/C22H18N4O2/c1-28-16-12-10-15(11-13-16)14-23-26-22-17-6-2-4-8-19(17)24-21(25-22)18-7-3-5-9-20(18)27/h2-14,27H,1H3,(H,24,25,26)/b23-14+. The molecule has 4 aromatic rings. The van der Waals surface area contributed by atoms with E-state index in [9.17, 15) is 5.11 Å². The lowest BCUT2D eigenvalue weighted by molar-refractivity contribution is 0.415. The average Bonchev–Trinajstić information content (AvgIpc) is 2.74. The first kappa shape index (κ1) is 17.5. The third-order valence-electron chi connectivity index (χ3n) is 4.25.